The summed E-state index contributed by atoms with van der Waals surface area (Å²) in [4.78, 5) is 10.8. The Balaban J connectivity index is 2.12. The van der Waals surface area contributed by atoms with Gasteiger partial charge >= 0.3 is 11.8 Å². The molecule has 3 N–H and O–H groups in total. The number of primary amides is 1. The average molecular weight is 294 g/mol. The molecule has 0 saturated carbocycles. The number of nitrogens with zero attached hydrogens (tertiary/aromatic N) is 1. The summed E-state index contributed by atoms with van der Waals surface area (Å²) in [7, 11) is 0. The van der Waals surface area contributed by atoms with Gasteiger partial charge in [-0.3, -0.25) is 5.21 Å². The van der Waals surface area contributed by atoms with Gasteiger partial charge in [-0.05, 0) is 36.4 Å². The Bertz CT molecular complexity index is 551. The van der Waals surface area contributed by atoms with Crippen LogP contribution >= 0.6 is 11.3 Å². The van der Waals surface area contributed by atoms with Gasteiger partial charge < -0.3 is 15.2 Å². The first-order chi connectivity index (χ1) is 9.52. The Hall–Kier alpha value is -2.17. The molecule has 2 heterocycles. The second-order valence-electron chi connectivity index (χ2n) is 4.11. The minimum atomic E-state index is -1.13. The molecule has 0 aromatic carbocycles. The Morgan fingerprint density at radius 3 is 3.10 bits per heavy atom. The molecule has 20 heavy (non-hydrogen) atoms. The Kier molecular flexibility index (Phi) is 4.17. The highest BCUT2D eigenvalue weighted by Crippen LogP contribution is 2.30. The lowest BCUT2D eigenvalue weighted by molar-refractivity contribution is -0.0759. The highest BCUT2D eigenvalue weighted by Gasteiger charge is 2.34. The fourth-order valence-electron chi connectivity index (χ4n) is 1.53. The number of nitrogens with two attached hydrogens (primary N) is 1. The molecule has 0 spiro atoms. The summed E-state index contributed by atoms with van der Waals surface area (Å²) >= 11 is 1.42. The van der Waals surface area contributed by atoms with Crippen molar-refractivity contribution in [3.8, 4) is 16.9 Å². The van der Waals surface area contributed by atoms with Crippen molar-refractivity contribution in [1.29, 1.82) is 0 Å². The molecule has 7 heteroatoms. The smallest absolute Gasteiger partial charge is 0.339 e. The van der Waals surface area contributed by atoms with Gasteiger partial charge in [0.25, 0.3) is 0 Å². The van der Waals surface area contributed by atoms with E-state index in [-0.39, 0.29) is 0 Å². The average Bonchev–Trinajstić information content (AvgIpc) is 3.08. The highest BCUT2D eigenvalue weighted by molar-refractivity contribution is 7.11. The monoisotopic (exact) mass is 294 g/mol. The highest BCUT2D eigenvalue weighted by atomic mass is 32.1. The lowest BCUT2D eigenvalue weighted by atomic mass is 10.2. The van der Waals surface area contributed by atoms with E-state index in [0.717, 1.165) is 0 Å². The molecule has 0 bridgehead atoms. The topological polar surface area (TPSA) is 85.0 Å². The van der Waals surface area contributed by atoms with Crippen molar-refractivity contribution in [3.63, 3.8) is 0 Å². The Labute approximate surface area is 120 Å². The molecule has 2 rings (SSSR count). The molecule has 106 valence electrons. The van der Waals surface area contributed by atoms with Crippen LogP contribution in [-0.4, -0.2) is 28.1 Å². The number of amides is 2. The minimum Gasteiger partial charge on any atom is -0.450 e. The fourth-order valence-corrected chi connectivity index (χ4v) is 2.16. The number of hydrogen-bond donors (Lipinski definition) is 2. The van der Waals surface area contributed by atoms with Gasteiger partial charge in [0.05, 0.1) is 12.7 Å². The summed E-state index contributed by atoms with van der Waals surface area (Å²) < 4.78 is 11.2. The predicted octanol–water partition coefficient (Wildman–Crippen LogP) is 1.92. The van der Waals surface area contributed by atoms with E-state index in [2.05, 4.69) is 11.8 Å². The van der Waals surface area contributed by atoms with Gasteiger partial charge in [0.2, 0.25) is 0 Å². The van der Waals surface area contributed by atoms with Gasteiger partial charge in [-0.2, -0.15) is 5.06 Å². The zero-order valence-corrected chi connectivity index (χ0v) is 11.6. The molecule has 1 aromatic heterocycles. The summed E-state index contributed by atoms with van der Waals surface area (Å²) in [6.45, 7) is 1.54. The molecule has 0 saturated heterocycles. The minimum absolute atomic E-state index is 0.355. The van der Waals surface area contributed by atoms with Crippen molar-refractivity contribution in [3.05, 3.63) is 29.9 Å². The number of carbonyl (C=O) groups excluding carboxylic acids is 1. The second-order valence-corrected chi connectivity index (χ2v) is 5.02. The maximum Gasteiger partial charge on any atom is 0.339 e. The van der Waals surface area contributed by atoms with Gasteiger partial charge in [0.1, 0.15) is 6.04 Å². The maximum atomic E-state index is 10.8. The van der Waals surface area contributed by atoms with Gasteiger partial charge in [-0.25, -0.2) is 4.79 Å². The van der Waals surface area contributed by atoms with Crippen LogP contribution in [0.3, 0.4) is 0 Å². The van der Waals surface area contributed by atoms with Gasteiger partial charge in [0, 0.05) is 0 Å². The number of ether oxygens (including phenoxy) is 2. The molecule has 0 fully saturated rings. The van der Waals surface area contributed by atoms with E-state index in [9.17, 15) is 10.0 Å². The third kappa shape index (κ3) is 3.23. The second kappa shape index (κ2) is 5.86. The molecule has 2 atom stereocenters. The molecule has 2 amide bonds. The predicted molar refractivity (Wildman–Crippen MR) is 73.0 cm³/mol. The lowest BCUT2D eigenvalue weighted by Crippen LogP contribution is -2.39. The molecule has 1 aliphatic heterocycles. The molecular weight excluding hydrogens is 280 g/mol. The van der Waals surface area contributed by atoms with Gasteiger partial charge in [-0.1, -0.05) is 5.92 Å². The molecule has 6 nitrogen and oxygen atoms in total. The lowest BCUT2D eigenvalue weighted by Gasteiger charge is -2.23. The molecule has 0 aliphatic carbocycles. The molecular formula is C13H14N2O4S. The Morgan fingerprint density at radius 2 is 2.55 bits per heavy atom. The van der Waals surface area contributed by atoms with E-state index in [1.54, 1.807) is 19.1 Å². The summed E-state index contributed by atoms with van der Waals surface area (Å²) in [5.41, 5.74) is 4.96. The SMILES string of the molecule is CC(C#CC1(Oc2cccs2)CC=CO1)N(O)C(N)=O. The third-order valence-corrected chi connectivity index (χ3v) is 3.31. The van der Waals surface area contributed by atoms with E-state index < -0.39 is 17.9 Å². The van der Waals surface area contributed by atoms with Crippen LogP contribution in [0.15, 0.2) is 29.9 Å². The summed E-state index contributed by atoms with van der Waals surface area (Å²) in [5, 5.41) is 12.3. The third-order valence-electron chi connectivity index (χ3n) is 2.57. The number of carbonyl (C=O) groups is 1. The van der Waals surface area contributed by atoms with Crippen molar-refractivity contribution >= 4 is 17.4 Å². The van der Waals surface area contributed by atoms with E-state index in [0.29, 0.717) is 16.5 Å². The molecule has 2 unspecified atom stereocenters. The van der Waals surface area contributed by atoms with Crippen LogP contribution in [0.4, 0.5) is 4.79 Å². The van der Waals surface area contributed by atoms with E-state index in [1.807, 2.05) is 11.4 Å². The zero-order valence-electron chi connectivity index (χ0n) is 10.8. The van der Waals surface area contributed by atoms with Crippen LogP contribution in [0.1, 0.15) is 13.3 Å². The van der Waals surface area contributed by atoms with Crippen LogP contribution in [0.5, 0.6) is 5.06 Å². The number of hydroxylamine groups is 2. The van der Waals surface area contributed by atoms with Gasteiger partial charge in [0.15, 0.2) is 5.06 Å². The number of hydrogen-bond acceptors (Lipinski definition) is 5. The Morgan fingerprint density at radius 1 is 1.75 bits per heavy atom. The zero-order chi connectivity index (χ0) is 14.6. The first-order valence-electron chi connectivity index (χ1n) is 5.88. The molecule has 0 radical (unpaired) electrons. The van der Waals surface area contributed by atoms with Crippen molar-refractivity contribution in [1.82, 2.24) is 5.06 Å². The van der Waals surface area contributed by atoms with Crippen LogP contribution in [0, 0.1) is 11.8 Å². The van der Waals surface area contributed by atoms with Crippen molar-refractivity contribution in [2.75, 3.05) is 0 Å². The van der Waals surface area contributed by atoms with Crippen LogP contribution in [0.2, 0.25) is 0 Å². The standard InChI is InChI=1S/C13H14N2O4S/c1-10(15(17)12(14)16)5-7-13(6-3-8-18-13)19-11-4-2-9-20-11/h2-4,8-10,17H,6H2,1H3,(H2,14,16). The van der Waals surface area contributed by atoms with Crippen LogP contribution < -0.4 is 10.5 Å². The van der Waals surface area contributed by atoms with E-state index in [4.69, 9.17) is 15.2 Å². The number of urea groups is 1. The fraction of sp³-hybridized carbons (Fsp3) is 0.308. The summed E-state index contributed by atoms with van der Waals surface area (Å²) in [6.07, 6.45) is 3.75. The maximum absolute atomic E-state index is 10.8. The van der Waals surface area contributed by atoms with Crippen molar-refractivity contribution in [2.45, 2.75) is 25.2 Å². The normalized spacial score (nSPS) is 21.5. The van der Waals surface area contributed by atoms with E-state index >= 15 is 0 Å². The van der Waals surface area contributed by atoms with E-state index in [1.165, 1.54) is 17.6 Å². The van der Waals surface area contributed by atoms with Crippen LogP contribution in [0.25, 0.3) is 0 Å². The quantitative estimate of drug-likeness (QED) is 0.506. The number of thiophene rings is 1. The first-order valence-corrected chi connectivity index (χ1v) is 6.76. The summed E-state index contributed by atoms with van der Waals surface area (Å²) in [6, 6.07) is 1.93. The van der Waals surface area contributed by atoms with Crippen molar-refractivity contribution < 1.29 is 19.5 Å². The van der Waals surface area contributed by atoms with Gasteiger partial charge in [-0.15, -0.1) is 11.3 Å². The molecule has 1 aromatic rings. The van der Waals surface area contributed by atoms with Crippen LogP contribution in [-0.2, 0) is 4.74 Å². The largest absolute Gasteiger partial charge is 0.450 e. The summed E-state index contributed by atoms with van der Waals surface area (Å²) in [5.74, 6) is 4.38. The number of rotatable bonds is 3. The molecule has 1 aliphatic rings. The first kappa shape index (κ1) is 14.2. The van der Waals surface area contributed by atoms with Crippen molar-refractivity contribution in [2.24, 2.45) is 5.73 Å².